The second-order valence-electron chi connectivity index (χ2n) is 6.57. The van der Waals surface area contributed by atoms with Crippen molar-refractivity contribution < 1.29 is 0 Å². The SMILES string of the molecule is CC(C)c1c[nH]c2ccc(C34CCC(CN3)NC4)nc12. The van der Waals surface area contributed by atoms with Crippen LogP contribution in [0.2, 0.25) is 0 Å². The van der Waals surface area contributed by atoms with Gasteiger partial charge in [-0.25, -0.2) is 4.98 Å². The van der Waals surface area contributed by atoms with Crippen LogP contribution in [0.5, 0.6) is 0 Å². The first-order chi connectivity index (χ1) is 9.68. The van der Waals surface area contributed by atoms with Crippen molar-refractivity contribution in [2.24, 2.45) is 0 Å². The molecule has 106 valence electrons. The van der Waals surface area contributed by atoms with Gasteiger partial charge in [0.2, 0.25) is 0 Å². The fourth-order valence-electron chi connectivity index (χ4n) is 3.61. The van der Waals surface area contributed by atoms with Crippen LogP contribution in [0.1, 0.15) is 43.9 Å². The van der Waals surface area contributed by atoms with Crippen LogP contribution in [0.3, 0.4) is 0 Å². The molecule has 0 amide bonds. The maximum Gasteiger partial charge on any atom is 0.0917 e. The molecule has 20 heavy (non-hydrogen) atoms. The molecule has 3 aliphatic heterocycles. The lowest BCUT2D eigenvalue weighted by atomic mass is 9.79. The molecule has 0 radical (unpaired) electrons. The van der Waals surface area contributed by atoms with E-state index in [0.717, 1.165) is 24.1 Å². The smallest absolute Gasteiger partial charge is 0.0917 e. The van der Waals surface area contributed by atoms with Gasteiger partial charge in [0.25, 0.3) is 0 Å². The van der Waals surface area contributed by atoms with Gasteiger partial charge in [-0.15, -0.1) is 0 Å². The molecule has 0 saturated carbocycles. The van der Waals surface area contributed by atoms with Gasteiger partial charge in [-0.3, -0.25) is 0 Å². The topological polar surface area (TPSA) is 52.7 Å². The van der Waals surface area contributed by atoms with E-state index in [1.807, 2.05) is 0 Å². The molecule has 4 nitrogen and oxygen atoms in total. The summed E-state index contributed by atoms with van der Waals surface area (Å²) in [6, 6.07) is 5.02. The third-order valence-electron chi connectivity index (χ3n) is 4.96. The number of fused-ring (bicyclic) bond motifs is 4. The largest absolute Gasteiger partial charge is 0.360 e. The highest BCUT2D eigenvalue weighted by Crippen LogP contribution is 2.34. The average Bonchev–Trinajstić information content (AvgIpc) is 2.92. The zero-order chi connectivity index (χ0) is 13.7. The Bertz CT molecular complexity index is 621. The van der Waals surface area contributed by atoms with E-state index >= 15 is 0 Å². The molecule has 3 fully saturated rings. The Hall–Kier alpha value is -1.39. The van der Waals surface area contributed by atoms with Gasteiger partial charge in [-0.2, -0.15) is 0 Å². The van der Waals surface area contributed by atoms with E-state index in [-0.39, 0.29) is 5.54 Å². The first-order valence-corrected chi connectivity index (χ1v) is 7.65. The molecule has 2 atom stereocenters. The van der Waals surface area contributed by atoms with Crippen LogP contribution >= 0.6 is 0 Å². The first kappa shape index (κ1) is 12.4. The fraction of sp³-hybridized carbons (Fsp3) is 0.562. The maximum absolute atomic E-state index is 5.01. The van der Waals surface area contributed by atoms with E-state index in [0.29, 0.717) is 12.0 Å². The Morgan fingerprint density at radius 1 is 1.35 bits per heavy atom. The van der Waals surface area contributed by atoms with E-state index in [1.54, 1.807) is 0 Å². The van der Waals surface area contributed by atoms with Crippen molar-refractivity contribution in [1.29, 1.82) is 0 Å². The monoisotopic (exact) mass is 270 g/mol. The Labute approximate surface area is 119 Å². The molecule has 3 N–H and O–H groups in total. The van der Waals surface area contributed by atoms with Crippen molar-refractivity contribution in [1.82, 2.24) is 20.6 Å². The molecular formula is C16H22N4. The lowest BCUT2D eigenvalue weighted by molar-refractivity contribution is 0.146. The summed E-state index contributed by atoms with van der Waals surface area (Å²) in [5.74, 6) is 0.497. The lowest BCUT2D eigenvalue weighted by Gasteiger charge is -2.47. The van der Waals surface area contributed by atoms with Crippen molar-refractivity contribution in [2.45, 2.75) is 44.2 Å². The van der Waals surface area contributed by atoms with Crippen molar-refractivity contribution >= 4 is 11.0 Å². The quantitative estimate of drug-likeness (QED) is 0.784. The highest BCUT2D eigenvalue weighted by atomic mass is 15.2. The minimum Gasteiger partial charge on any atom is -0.360 e. The van der Waals surface area contributed by atoms with Crippen LogP contribution in [0.25, 0.3) is 11.0 Å². The maximum atomic E-state index is 5.01. The zero-order valence-electron chi connectivity index (χ0n) is 12.2. The molecule has 3 aliphatic rings. The van der Waals surface area contributed by atoms with Gasteiger partial charge in [0.1, 0.15) is 0 Å². The van der Waals surface area contributed by atoms with Crippen LogP contribution < -0.4 is 10.6 Å². The van der Waals surface area contributed by atoms with Gasteiger partial charge < -0.3 is 15.6 Å². The van der Waals surface area contributed by atoms with Crippen molar-refractivity contribution in [2.75, 3.05) is 13.1 Å². The number of nitrogens with one attached hydrogen (secondary N) is 3. The van der Waals surface area contributed by atoms with Crippen LogP contribution in [0.4, 0.5) is 0 Å². The summed E-state index contributed by atoms with van der Waals surface area (Å²) in [6.07, 6.45) is 4.54. The molecule has 2 aromatic rings. The number of hydrogen-bond acceptors (Lipinski definition) is 3. The summed E-state index contributed by atoms with van der Waals surface area (Å²) in [4.78, 5) is 8.36. The number of piperidine rings is 2. The predicted molar refractivity (Wildman–Crippen MR) is 80.9 cm³/mol. The van der Waals surface area contributed by atoms with Gasteiger partial charge in [0, 0.05) is 25.3 Å². The molecule has 0 aliphatic carbocycles. The summed E-state index contributed by atoms with van der Waals surface area (Å²) in [6.45, 7) is 6.50. The highest BCUT2D eigenvalue weighted by Gasteiger charge is 2.42. The van der Waals surface area contributed by atoms with Crippen LogP contribution in [0.15, 0.2) is 18.3 Å². The number of H-pyrrole nitrogens is 1. The molecule has 5 rings (SSSR count). The minimum absolute atomic E-state index is 0.0362. The molecule has 4 heteroatoms. The summed E-state index contributed by atoms with van der Waals surface area (Å²) in [5, 5.41) is 7.35. The van der Waals surface area contributed by atoms with Crippen LogP contribution in [-0.2, 0) is 5.54 Å². The molecule has 0 aromatic carbocycles. The van der Waals surface area contributed by atoms with E-state index in [9.17, 15) is 0 Å². The average molecular weight is 270 g/mol. The van der Waals surface area contributed by atoms with E-state index in [1.165, 1.54) is 24.1 Å². The first-order valence-electron chi connectivity index (χ1n) is 7.65. The summed E-state index contributed by atoms with van der Waals surface area (Å²) < 4.78 is 0. The Morgan fingerprint density at radius 2 is 2.25 bits per heavy atom. The van der Waals surface area contributed by atoms with Gasteiger partial charge >= 0.3 is 0 Å². The third kappa shape index (κ3) is 1.71. The molecule has 2 aromatic heterocycles. The Kier molecular flexibility index (Phi) is 2.66. The Balaban J connectivity index is 1.82. The molecule has 2 bridgehead atoms. The predicted octanol–water partition coefficient (Wildman–Crippen LogP) is 2.24. The second kappa shape index (κ2) is 4.30. The van der Waals surface area contributed by atoms with Crippen molar-refractivity contribution in [3.8, 4) is 0 Å². The number of nitrogens with zero attached hydrogens (tertiary/aromatic N) is 1. The van der Waals surface area contributed by atoms with Crippen molar-refractivity contribution in [3.63, 3.8) is 0 Å². The van der Waals surface area contributed by atoms with Gasteiger partial charge in [-0.1, -0.05) is 13.8 Å². The van der Waals surface area contributed by atoms with Gasteiger partial charge in [0.05, 0.1) is 22.3 Å². The van der Waals surface area contributed by atoms with Crippen LogP contribution in [-0.4, -0.2) is 29.1 Å². The zero-order valence-corrected chi connectivity index (χ0v) is 12.2. The highest BCUT2D eigenvalue weighted by molar-refractivity contribution is 5.79. The van der Waals surface area contributed by atoms with E-state index in [2.05, 4.69) is 47.8 Å². The second-order valence-corrected chi connectivity index (χ2v) is 6.57. The molecular weight excluding hydrogens is 248 g/mol. The summed E-state index contributed by atoms with van der Waals surface area (Å²) >= 11 is 0. The fourth-order valence-corrected chi connectivity index (χ4v) is 3.61. The molecule has 2 unspecified atom stereocenters. The third-order valence-corrected chi connectivity index (χ3v) is 4.96. The Morgan fingerprint density at radius 3 is 2.90 bits per heavy atom. The number of aromatic amines is 1. The minimum atomic E-state index is 0.0362. The number of pyridine rings is 1. The number of hydrogen-bond donors (Lipinski definition) is 3. The number of rotatable bonds is 2. The molecule has 0 spiro atoms. The number of piperazine rings is 1. The lowest BCUT2D eigenvalue weighted by Crippen LogP contribution is -2.65. The summed E-state index contributed by atoms with van der Waals surface area (Å²) in [5.41, 5.74) is 4.83. The number of aromatic nitrogens is 2. The van der Waals surface area contributed by atoms with Crippen molar-refractivity contribution in [3.05, 3.63) is 29.6 Å². The normalized spacial score (nSPS) is 29.4. The molecule has 3 saturated heterocycles. The summed E-state index contributed by atoms with van der Waals surface area (Å²) in [7, 11) is 0. The molecule has 5 heterocycles. The van der Waals surface area contributed by atoms with Gasteiger partial charge in [-0.05, 0) is 36.5 Å². The van der Waals surface area contributed by atoms with Crippen LogP contribution in [0, 0.1) is 0 Å². The van der Waals surface area contributed by atoms with E-state index in [4.69, 9.17) is 4.98 Å². The van der Waals surface area contributed by atoms with E-state index < -0.39 is 0 Å². The van der Waals surface area contributed by atoms with Gasteiger partial charge in [0.15, 0.2) is 0 Å². The standard InChI is InChI=1S/C16H22N4/c1-10(2)12-8-17-13-3-4-14(20-15(12)13)16-6-5-11(7-19-16)18-9-16/h3-4,8,10-11,17-19H,5-7,9H2,1-2H3.